The number of carboxylic acids is 1. The Morgan fingerprint density at radius 3 is 2.65 bits per heavy atom. The van der Waals surface area contributed by atoms with Gasteiger partial charge in [0.25, 0.3) is 0 Å². The van der Waals surface area contributed by atoms with E-state index in [1.165, 1.54) is 0 Å². The quantitative estimate of drug-likeness (QED) is 0.928. The molecule has 0 saturated heterocycles. The van der Waals surface area contributed by atoms with Gasteiger partial charge in [0, 0.05) is 24.7 Å². The Morgan fingerprint density at radius 2 is 2.15 bits per heavy atom. The van der Waals surface area contributed by atoms with Gasteiger partial charge in [0.1, 0.15) is 0 Å². The molecule has 0 amide bonds. The van der Waals surface area contributed by atoms with Gasteiger partial charge in [-0.1, -0.05) is 32.5 Å². The first-order valence-electron chi connectivity index (χ1n) is 7.16. The standard InChI is InChI=1S/C15H24N2O2S/c1-15(2,3)10-5-6-11(13(18)19)12(9-10)20-14-16-7-8-17(14)4/h7-8,10-12H,5-6,9H2,1-4H3,(H,18,19). The van der Waals surface area contributed by atoms with Crippen LogP contribution in [-0.4, -0.2) is 25.9 Å². The summed E-state index contributed by atoms with van der Waals surface area (Å²) >= 11 is 1.63. The summed E-state index contributed by atoms with van der Waals surface area (Å²) in [5, 5.41) is 10.5. The van der Waals surface area contributed by atoms with Gasteiger partial charge in [-0.3, -0.25) is 4.79 Å². The molecule has 5 heteroatoms. The maximum atomic E-state index is 11.5. The van der Waals surface area contributed by atoms with Gasteiger partial charge in [-0.15, -0.1) is 0 Å². The second-order valence-corrected chi connectivity index (χ2v) is 8.00. The predicted molar refractivity (Wildman–Crippen MR) is 80.8 cm³/mol. The predicted octanol–water partition coefficient (Wildman–Crippen LogP) is 3.43. The van der Waals surface area contributed by atoms with Crippen LogP contribution in [0.4, 0.5) is 0 Å². The lowest BCUT2D eigenvalue weighted by atomic mass is 9.69. The number of imidazole rings is 1. The molecule has 3 unspecified atom stereocenters. The molecule has 1 fully saturated rings. The Kier molecular flexibility index (Phi) is 4.47. The number of thioether (sulfide) groups is 1. The van der Waals surface area contributed by atoms with Crippen molar-refractivity contribution in [3.8, 4) is 0 Å². The first-order chi connectivity index (χ1) is 9.29. The highest BCUT2D eigenvalue weighted by Crippen LogP contribution is 2.45. The summed E-state index contributed by atoms with van der Waals surface area (Å²) in [4.78, 5) is 15.8. The van der Waals surface area contributed by atoms with Crippen molar-refractivity contribution in [2.45, 2.75) is 50.4 Å². The zero-order valence-electron chi connectivity index (χ0n) is 12.7. The molecule has 112 valence electrons. The molecular weight excluding hydrogens is 272 g/mol. The molecular formula is C15H24N2O2S. The van der Waals surface area contributed by atoms with Crippen LogP contribution in [0, 0.1) is 17.3 Å². The van der Waals surface area contributed by atoms with Crippen LogP contribution in [0.3, 0.4) is 0 Å². The fourth-order valence-electron chi connectivity index (χ4n) is 2.93. The zero-order valence-corrected chi connectivity index (χ0v) is 13.5. The van der Waals surface area contributed by atoms with E-state index >= 15 is 0 Å². The van der Waals surface area contributed by atoms with Crippen LogP contribution in [0.25, 0.3) is 0 Å². The van der Waals surface area contributed by atoms with E-state index in [2.05, 4.69) is 25.8 Å². The Bertz CT molecular complexity index is 478. The molecule has 1 heterocycles. The molecule has 2 rings (SSSR count). The number of aryl methyl sites for hydroxylation is 1. The Labute approximate surface area is 125 Å². The first kappa shape index (κ1) is 15.4. The van der Waals surface area contributed by atoms with Gasteiger partial charge in [0.15, 0.2) is 5.16 Å². The van der Waals surface area contributed by atoms with E-state index in [9.17, 15) is 9.90 Å². The number of hydrogen-bond donors (Lipinski definition) is 1. The van der Waals surface area contributed by atoms with Crippen LogP contribution in [0.1, 0.15) is 40.0 Å². The second kappa shape index (κ2) is 5.80. The van der Waals surface area contributed by atoms with Crippen molar-refractivity contribution in [1.29, 1.82) is 0 Å². The van der Waals surface area contributed by atoms with Gasteiger partial charge in [-0.25, -0.2) is 4.98 Å². The van der Waals surface area contributed by atoms with E-state index < -0.39 is 5.97 Å². The molecule has 0 spiro atoms. The summed E-state index contributed by atoms with van der Waals surface area (Å²) in [6.07, 6.45) is 6.42. The number of aromatic nitrogens is 2. The highest BCUT2D eigenvalue weighted by Gasteiger charge is 2.39. The van der Waals surface area contributed by atoms with Crippen LogP contribution in [0.15, 0.2) is 17.6 Å². The summed E-state index contributed by atoms with van der Waals surface area (Å²) in [6.45, 7) is 6.75. The minimum Gasteiger partial charge on any atom is -0.481 e. The maximum absolute atomic E-state index is 11.5. The van der Waals surface area contributed by atoms with E-state index in [1.807, 2.05) is 17.8 Å². The molecule has 0 aromatic carbocycles. The zero-order chi connectivity index (χ0) is 14.9. The van der Waals surface area contributed by atoms with Gasteiger partial charge in [-0.05, 0) is 30.6 Å². The van der Waals surface area contributed by atoms with Crippen LogP contribution < -0.4 is 0 Å². The molecule has 1 aliphatic carbocycles. The van der Waals surface area contributed by atoms with Crippen molar-refractivity contribution in [3.63, 3.8) is 0 Å². The van der Waals surface area contributed by atoms with Crippen molar-refractivity contribution in [2.24, 2.45) is 24.3 Å². The van der Waals surface area contributed by atoms with E-state index in [0.717, 1.165) is 24.4 Å². The molecule has 0 aliphatic heterocycles. The summed E-state index contributed by atoms with van der Waals surface area (Å²) in [5.41, 5.74) is 0.240. The Morgan fingerprint density at radius 1 is 1.45 bits per heavy atom. The SMILES string of the molecule is Cn1ccnc1SC1CC(C(C)(C)C)CCC1C(=O)O. The number of carbonyl (C=O) groups is 1. The van der Waals surface area contributed by atoms with Gasteiger partial charge >= 0.3 is 5.97 Å². The fraction of sp³-hybridized carbons (Fsp3) is 0.733. The van der Waals surface area contributed by atoms with Gasteiger partial charge in [0.05, 0.1) is 5.92 Å². The van der Waals surface area contributed by atoms with E-state index in [1.54, 1.807) is 18.0 Å². The lowest BCUT2D eigenvalue weighted by Gasteiger charge is -2.40. The monoisotopic (exact) mass is 296 g/mol. The van der Waals surface area contributed by atoms with Crippen molar-refractivity contribution in [2.75, 3.05) is 0 Å². The molecule has 0 radical (unpaired) electrons. The summed E-state index contributed by atoms with van der Waals surface area (Å²) in [6, 6.07) is 0. The highest BCUT2D eigenvalue weighted by atomic mass is 32.2. The summed E-state index contributed by atoms with van der Waals surface area (Å²) in [7, 11) is 1.95. The third kappa shape index (κ3) is 3.37. The van der Waals surface area contributed by atoms with Crippen molar-refractivity contribution >= 4 is 17.7 Å². The second-order valence-electron chi connectivity index (χ2n) is 6.80. The fourth-order valence-corrected chi connectivity index (χ4v) is 4.29. The van der Waals surface area contributed by atoms with Crippen LogP contribution in [-0.2, 0) is 11.8 Å². The number of rotatable bonds is 3. The van der Waals surface area contributed by atoms with Crippen LogP contribution >= 0.6 is 11.8 Å². The molecule has 4 nitrogen and oxygen atoms in total. The van der Waals surface area contributed by atoms with Crippen LogP contribution in [0.5, 0.6) is 0 Å². The molecule has 20 heavy (non-hydrogen) atoms. The highest BCUT2D eigenvalue weighted by molar-refractivity contribution is 7.99. The largest absolute Gasteiger partial charge is 0.481 e. The first-order valence-corrected chi connectivity index (χ1v) is 8.04. The maximum Gasteiger partial charge on any atom is 0.307 e. The van der Waals surface area contributed by atoms with E-state index in [-0.39, 0.29) is 16.6 Å². The van der Waals surface area contributed by atoms with Crippen molar-refractivity contribution in [3.05, 3.63) is 12.4 Å². The van der Waals surface area contributed by atoms with Gasteiger partial charge < -0.3 is 9.67 Å². The van der Waals surface area contributed by atoms with Crippen LogP contribution in [0.2, 0.25) is 0 Å². The number of aliphatic carboxylic acids is 1. The van der Waals surface area contributed by atoms with E-state index in [4.69, 9.17) is 0 Å². The Hall–Kier alpha value is -0.970. The van der Waals surface area contributed by atoms with Gasteiger partial charge in [0.2, 0.25) is 0 Å². The number of nitrogens with zero attached hydrogens (tertiary/aromatic N) is 2. The molecule has 3 atom stereocenters. The molecule has 1 N–H and O–H groups in total. The Balaban J connectivity index is 2.15. The smallest absolute Gasteiger partial charge is 0.307 e. The molecule has 1 saturated carbocycles. The van der Waals surface area contributed by atoms with E-state index in [0.29, 0.717) is 5.92 Å². The number of carboxylic acid groups (broad SMARTS) is 1. The van der Waals surface area contributed by atoms with Gasteiger partial charge in [-0.2, -0.15) is 0 Å². The molecule has 1 aliphatic rings. The average molecular weight is 296 g/mol. The summed E-state index contributed by atoms with van der Waals surface area (Å²) in [5.74, 6) is -0.338. The third-order valence-electron chi connectivity index (χ3n) is 4.37. The normalized spacial score (nSPS) is 27.5. The summed E-state index contributed by atoms with van der Waals surface area (Å²) < 4.78 is 1.96. The topological polar surface area (TPSA) is 55.1 Å². The minimum absolute atomic E-state index is 0.117. The lowest BCUT2D eigenvalue weighted by Crippen LogP contribution is -2.37. The molecule has 1 aromatic rings. The molecule has 1 aromatic heterocycles. The lowest BCUT2D eigenvalue weighted by molar-refractivity contribution is -0.143. The third-order valence-corrected chi connectivity index (χ3v) is 5.80. The minimum atomic E-state index is -0.663. The van der Waals surface area contributed by atoms with Crippen molar-refractivity contribution in [1.82, 2.24) is 9.55 Å². The number of hydrogen-bond acceptors (Lipinski definition) is 3. The molecule has 0 bridgehead atoms. The van der Waals surface area contributed by atoms with Crippen molar-refractivity contribution < 1.29 is 9.90 Å². The average Bonchev–Trinajstić information content (AvgIpc) is 2.73.